The first-order valence-corrected chi connectivity index (χ1v) is 6.87. The molecule has 0 unspecified atom stereocenters. The Bertz CT molecular complexity index is 442. The van der Waals surface area contributed by atoms with Gasteiger partial charge in [-0.1, -0.05) is 23.8 Å². The van der Waals surface area contributed by atoms with E-state index in [-0.39, 0.29) is 5.54 Å². The van der Waals surface area contributed by atoms with Crippen molar-refractivity contribution in [1.29, 1.82) is 0 Å². The summed E-state index contributed by atoms with van der Waals surface area (Å²) in [6.07, 6.45) is 1.01. The number of benzene rings is 1. The van der Waals surface area contributed by atoms with Gasteiger partial charge in [-0.05, 0) is 52.2 Å². The smallest absolute Gasteiger partial charge is 0.191 e. The lowest BCUT2D eigenvalue weighted by atomic mass is 10.0. The average Bonchev–Trinajstić information content (AvgIpc) is 2.29. The minimum atomic E-state index is 0.0294. The van der Waals surface area contributed by atoms with Crippen LogP contribution in [0.5, 0.6) is 0 Å². The number of guanidine groups is 1. The van der Waals surface area contributed by atoms with Gasteiger partial charge in [0.1, 0.15) is 0 Å². The fourth-order valence-electron chi connectivity index (χ4n) is 1.98. The molecule has 0 aromatic heterocycles. The topological polar surface area (TPSA) is 36.4 Å². The molecular weight excluding hydrogens is 234 g/mol. The normalized spacial score (nSPS) is 12.4. The third-order valence-electron chi connectivity index (χ3n) is 2.90. The molecule has 0 spiro atoms. The molecule has 3 heteroatoms. The Hall–Kier alpha value is -1.51. The van der Waals surface area contributed by atoms with Gasteiger partial charge in [-0.3, -0.25) is 4.99 Å². The highest BCUT2D eigenvalue weighted by atomic mass is 15.2. The number of hydrogen-bond donors (Lipinski definition) is 2. The molecule has 1 rings (SSSR count). The highest BCUT2D eigenvalue weighted by Gasteiger charge is 2.11. The van der Waals surface area contributed by atoms with Gasteiger partial charge in [-0.2, -0.15) is 0 Å². The summed E-state index contributed by atoms with van der Waals surface area (Å²) >= 11 is 0. The van der Waals surface area contributed by atoms with Crippen LogP contribution in [0.3, 0.4) is 0 Å². The molecule has 0 fully saturated rings. The maximum Gasteiger partial charge on any atom is 0.191 e. The predicted molar refractivity (Wildman–Crippen MR) is 83.9 cm³/mol. The Morgan fingerprint density at radius 3 is 2.42 bits per heavy atom. The van der Waals surface area contributed by atoms with Gasteiger partial charge < -0.3 is 10.6 Å². The van der Waals surface area contributed by atoms with Crippen LogP contribution in [0.1, 0.15) is 37.5 Å². The standard InChI is InChI=1S/C16H27N3/c1-12-7-8-14(13(2)11-12)9-10-18-15(17-6)19-16(3,4)5/h7-8,11H,9-10H2,1-6H3,(H2,17,18,19). The van der Waals surface area contributed by atoms with E-state index in [0.29, 0.717) is 0 Å². The first kappa shape index (κ1) is 15.5. The Balaban J connectivity index is 2.49. The maximum absolute atomic E-state index is 4.24. The minimum absolute atomic E-state index is 0.0294. The summed E-state index contributed by atoms with van der Waals surface area (Å²) in [4.78, 5) is 4.24. The summed E-state index contributed by atoms with van der Waals surface area (Å²) in [6.45, 7) is 11.6. The lowest BCUT2D eigenvalue weighted by Crippen LogP contribution is -2.48. The van der Waals surface area contributed by atoms with Crippen LogP contribution in [0.4, 0.5) is 0 Å². The van der Waals surface area contributed by atoms with Gasteiger partial charge in [-0.25, -0.2) is 0 Å². The first-order valence-electron chi connectivity index (χ1n) is 6.87. The zero-order chi connectivity index (χ0) is 14.5. The SMILES string of the molecule is CN=C(NCCc1ccc(C)cc1C)NC(C)(C)C. The second kappa shape index (κ2) is 6.60. The van der Waals surface area contributed by atoms with E-state index in [1.165, 1.54) is 16.7 Å². The molecule has 1 aromatic carbocycles. The quantitative estimate of drug-likeness (QED) is 0.648. The number of nitrogens with zero attached hydrogens (tertiary/aromatic N) is 1. The lowest BCUT2D eigenvalue weighted by Gasteiger charge is -2.23. The molecule has 0 saturated carbocycles. The van der Waals surface area contributed by atoms with E-state index in [1.54, 1.807) is 7.05 Å². The molecule has 0 saturated heterocycles. The Labute approximate surface area is 117 Å². The summed E-state index contributed by atoms with van der Waals surface area (Å²) in [5, 5.41) is 6.71. The van der Waals surface area contributed by atoms with Crippen LogP contribution in [-0.4, -0.2) is 25.1 Å². The molecule has 0 radical (unpaired) electrons. The average molecular weight is 261 g/mol. The van der Waals surface area contributed by atoms with Crippen molar-refractivity contribution in [2.24, 2.45) is 4.99 Å². The molecule has 0 bridgehead atoms. The molecule has 0 aliphatic rings. The van der Waals surface area contributed by atoms with Crippen molar-refractivity contribution in [3.63, 3.8) is 0 Å². The summed E-state index contributed by atoms with van der Waals surface area (Å²) in [5.74, 6) is 0.859. The van der Waals surface area contributed by atoms with Gasteiger partial charge in [0.2, 0.25) is 0 Å². The highest BCUT2D eigenvalue weighted by molar-refractivity contribution is 5.80. The minimum Gasteiger partial charge on any atom is -0.356 e. The Kier molecular flexibility index (Phi) is 5.40. The monoisotopic (exact) mass is 261 g/mol. The third kappa shape index (κ3) is 5.77. The van der Waals surface area contributed by atoms with E-state index in [2.05, 4.69) is 68.4 Å². The van der Waals surface area contributed by atoms with Gasteiger partial charge in [0, 0.05) is 19.1 Å². The summed E-state index contributed by atoms with van der Waals surface area (Å²) in [6, 6.07) is 6.62. The van der Waals surface area contributed by atoms with Crippen LogP contribution < -0.4 is 10.6 Å². The molecule has 0 aliphatic heterocycles. The molecular formula is C16H27N3. The van der Waals surface area contributed by atoms with Crippen molar-refractivity contribution < 1.29 is 0 Å². The molecule has 2 N–H and O–H groups in total. The maximum atomic E-state index is 4.24. The van der Waals surface area contributed by atoms with E-state index in [1.807, 2.05) is 0 Å². The van der Waals surface area contributed by atoms with E-state index in [9.17, 15) is 0 Å². The van der Waals surface area contributed by atoms with E-state index in [4.69, 9.17) is 0 Å². The van der Waals surface area contributed by atoms with Gasteiger partial charge in [0.25, 0.3) is 0 Å². The van der Waals surface area contributed by atoms with Gasteiger partial charge in [-0.15, -0.1) is 0 Å². The van der Waals surface area contributed by atoms with E-state index < -0.39 is 0 Å². The fourth-order valence-corrected chi connectivity index (χ4v) is 1.98. The van der Waals surface area contributed by atoms with Crippen molar-refractivity contribution in [3.05, 3.63) is 34.9 Å². The van der Waals surface area contributed by atoms with Crippen LogP contribution in [0.15, 0.2) is 23.2 Å². The van der Waals surface area contributed by atoms with E-state index in [0.717, 1.165) is 18.9 Å². The zero-order valence-corrected chi connectivity index (χ0v) is 13.1. The van der Waals surface area contributed by atoms with Gasteiger partial charge in [0.05, 0.1) is 0 Å². The van der Waals surface area contributed by atoms with Crippen molar-refractivity contribution in [1.82, 2.24) is 10.6 Å². The van der Waals surface area contributed by atoms with Crippen LogP contribution in [0.2, 0.25) is 0 Å². The number of aliphatic imine (C=N–C) groups is 1. The molecule has 1 aromatic rings. The van der Waals surface area contributed by atoms with Crippen molar-refractivity contribution in [2.45, 2.75) is 46.6 Å². The summed E-state index contributed by atoms with van der Waals surface area (Å²) in [7, 11) is 1.80. The predicted octanol–water partition coefficient (Wildman–Crippen LogP) is 2.81. The van der Waals surface area contributed by atoms with Gasteiger partial charge in [0.15, 0.2) is 5.96 Å². The molecule has 106 valence electrons. The third-order valence-corrected chi connectivity index (χ3v) is 2.90. The molecule has 0 atom stereocenters. The first-order chi connectivity index (χ1) is 8.81. The molecule has 0 amide bonds. The van der Waals surface area contributed by atoms with Crippen LogP contribution in [0.25, 0.3) is 0 Å². The van der Waals surface area contributed by atoms with Crippen molar-refractivity contribution >= 4 is 5.96 Å². The Morgan fingerprint density at radius 2 is 1.89 bits per heavy atom. The van der Waals surface area contributed by atoms with Crippen molar-refractivity contribution in [2.75, 3.05) is 13.6 Å². The summed E-state index contributed by atoms with van der Waals surface area (Å²) in [5.41, 5.74) is 4.10. The van der Waals surface area contributed by atoms with Crippen LogP contribution in [-0.2, 0) is 6.42 Å². The number of aryl methyl sites for hydroxylation is 2. The highest BCUT2D eigenvalue weighted by Crippen LogP contribution is 2.10. The molecule has 0 aliphatic carbocycles. The van der Waals surface area contributed by atoms with Crippen molar-refractivity contribution in [3.8, 4) is 0 Å². The molecule has 19 heavy (non-hydrogen) atoms. The van der Waals surface area contributed by atoms with Crippen LogP contribution in [0, 0.1) is 13.8 Å². The fraction of sp³-hybridized carbons (Fsp3) is 0.562. The zero-order valence-electron chi connectivity index (χ0n) is 13.1. The van der Waals surface area contributed by atoms with Gasteiger partial charge >= 0.3 is 0 Å². The largest absolute Gasteiger partial charge is 0.356 e. The second-order valence-corrected chi connectivity index (χ2v) is 6.05. The number of hydrogen-bond acceptors (Lipinski definition) is 1. The lowest BCUT2D eigenvalue weighted by molar-refractivity contribution is 0.501. The van der Waals surface area contributed by atoms with E-state index >= 15 is 0 Å². The van der Waals surface area contributed by atoms with Crippen LogP contribution >= 0.6 is 0 Å². The number of rotatable bonds is 3. The molecule has 3 nitrogen and oxygen atoms in total. The second-order valence-electron chi connectivity index (χ2n) is 6.05. The number of nitrogens with one attached hydrogen (secondary N) is 2. The molecule has 0 heterocycles. The Morgan fingerprint density at radius 1 is 1.21 bits per heavy atom. The summed E-state index contributed by atoms with van der Waals surface area (Å²) < 4.78 is 0.